The number of nitrogens with zero attached hydrogens (tertiary/aromatic N) is 5. The number of nitrogen functional groups attached to an aromatic ring is 1. The normalized spacial score (nSPS) is 24.7. The molecule has 0 saturated carbocycles. The van der Waals surface area contributed by atoms with Crippen molar-refractivity contribution in [1.29, 1.82) is 5.26 Å². The number of fused-ring (bicyclic) bond motifs is 3. The first-order valence-electron chi connectivity index (χ1n) is 15.4. The van der Waals surface area contributed by atoms with Gasteiger partial charge in [-0.1, -0.05) is 6.07 Å². The van der Waals surface area contributed by atoms with Crippen LogP contribution in [0.1, 0.15) is 43.2 Å². The summed E-state index contributed by atoms with van der Waals surface area (Å²) in [6.45, 7) is 0.959. The van der Waals surface area contributed by atoms with E-state index >= 15 is 4.39 Å². The second kappa shape index (κ2) is 12.0. The fourth-order valence-corrected chi connectivity index (χ4v) is 9.73. The van der Waals surface area contributed by atoms with Gasteiger partial charge in [-0.2, -0.15) is 28.4 Å². The Balaban J connectivity index is 1.45. The minimum atomic E-state index is -5.09. The van der Waals surface area contributed by atoms with Crippen LogP contribution in [0.4, 0.5) is 37.2 Å². The number of halogens is 6. The van der Waals surface area contributed by atoms with Gasteiger partial charge in [0.15, 0.2) is 5.82 Å². The van der Waals surface area contributed by atoms with Crippen molar-refractivity contribution in [3.05, 3.63) is 41.0 Å². The van der Waals surface area contributed by atoms with E-state index in [1.165, 1.54) is 0 Å². The van der Waals surface area contributed by atoms with Gasteiger partial charge in [0.1, 0.15) is 41.0 Å². The van der Waals surface area contributed by atoms with Crippen molar-refractivity contribution in [1.82, 2.24) is 14.9 Å². The van der Waals surface area contributed by atoms with Crippen molar-refractivity contribution in [3.8, 4) is 23.2 Å². The monoisotopic (exact) mass is 708 g/mol. The van der Waals surface area contributed by atoms with Crippen LogP contribution in [0.15, 0.2) is 18.2 Å². The van der Waals surface area contributed by atoms with Gasteiger partial charge in [0, 0.05) is 64.7 Å². The van der Waals surface area contributed by atoms with E-state index in [-0.39, 0.29) is 69.0 Å². The predicted octanol–water partition coefficient (Wildman–Crippen LogP) is 6.56. The molecule has 2 atom stereocenters. The summed E-state index contributed by atoms with van der Waals surface area (Å²) in [5.74, 6) is -1.41. The largest absolute Gasteiger partial charge is 0.461 e. The smallest absolute Gasteiger partial charge is 0.417 e. The summed E-state index contributed by atoms with van der Waals surface area (Å²) in [6.07, 6.45) is -3.44. The molecule has 3 aliphatic rings. The summed E-state index contributed by atoms with van der Waals surface area (Å²) in [5.41, 5.74) is 1.94. The molecule has 2 unspecified atom stereocenters. The van der Waals surface area contributed by atoms with Crippen LogP contribution < -0.4 is 15.4 Å². The molecule has 0 radical (unpaired) electrons. The zero-order chi connectivity index (χ0) is 34.1. The van der Waals surface area contributed by atoms with Gasteiger partial charge in [-0.25, -0.2) is 13.2 Å². The minimum Gasteiger partial charge on any atom is -0.461 e. The summed E-state index contributed by atoms with van der Waals surface area (Å²) < 4.78 is 109. The van der Waals surface area contributed by atoms with Gasteiger partial charge in [-0.15, -0.1) is 11.3 Å². The second-order valence-corrected chi connectivity index (χ2v) is 15.4. The third kappa shape index (κ3) is 5.43. The molecule has 2 N–H and O–H groups in total. The Morgan fingerprint density at radius 1 is 1.25 bits per heavy atom. The standard InChI is InChI=1S/C32H30F6N6O2S2/c1-43(17-5-9-48(45)10-6-17)29-19-11-21(32(36,37)38)24(18-3-4-22(34)27-23(18)20(13-39)28(40)47-27)25(35)26(19)41-30(42-29)46-15-31-7-2-8-44(31)14-16(33)12-31/h3-4,11,16-17H,2,5-10,12,14-15,40H2,1H3. The molecule has 0 bridgehead atoms. The molecule has 0 amide bonds. The number of nitriles is 1. The molecular formula is C32H30F6N6O2S2. The van der Waals surface area contributed by atoms with Gasteiger partial charge in [0.25, 0.3) is 0 Å². The molecule has 5 heterocycles. The highest BCUT2D eigenvalue weighted by Crippen LogP contribution is 2.48. The zero-order valence-electron chi connectivity index (χ0n) is 25.7. The Bertz CT molecular complexity index is 2010. The van der Waals surface area contributed by atoms with E-state index in [2.05, 4.69) is 9.97 Å². The number of ether oxygens (including phenoxy) is 1. The maximum Gasteiger partial charge on any atom is 0.417 e. The first kappa shape index (κ1) is 32.8. The van der Waals surface area contributed by atoms with Crippen molar-refractivity contribution >= 4 is 53.9 Å². The highest BCUT2D eigenvalue weighted by Gasteiger charge is 2.49. The first-order chi connectivity index (χ1) is 22.8. The molecule has 4 aromatic rings. The van der Waals surface area contributed by atoms with Crippen LogP contribution in [0.2, 0.25) is 0 Å². The fourth-order valence-electron chi connectivity index (χ4n) is 7.51. The molecule has 3 fully saturated rings. The van der Waals surface area contributed by atoms with Crippen molar-refractivity contribution in [2.24, 2.45) is 0 Å². The Kier molecular flexibility index (Phi) is 8.23. The lowest BCUT2D eigenvalue weighted by Gasteiger charge is -2.33. The van der Waals surface area contributed by atoms with Crippen LogP contribution in [0, 0.1) is 23.0 Å². The second-order valence-electron chi connectivity index (χ2n) is 12.6. The maximum atomic E-state index is 17.0. The van der Waals surface area contributed by atoms with E-state index in [9.17, 15) is 31.4 Å². The number of anilines is 2. The zero-order valence-corrected chi connectivity index (χ0v) is 27.3. The number of aromatic nitrogens is 2. The summed E-state index contributed by atoms with van der Waals surface area (Å²) in [7, 11) is 0.607. The summed E-state index contributed by atoms with van der Waals surface area (Å²) in [6, 6.07) is 3.94. The quantitative estimate of drug-likeness (QED) is 0.225. The summed E-state index contributed by atoms with van der Waals surface area (Å²) in [4.78, 5) is 12.5. The van der Waals surface area contributed by atoms with Gasteiger partial charge in [0.05, 0.1) is 21.4 Å². The fraction of sp³-hybridized carbons (Fsp3) is 0.469. The number of nitrogens with two attached hydrogens (primary N) is 1. The molecule has 0 spiro atoms. The Morgan fingerprint density at radius 3 is 2.71 bits per heavy atom. The molecule has 3 saturated heterocycles. The topological polar surface area (TPSA) is 108 Å². The van der Waals surface area contributed by atoms with E-state index in [1.807, 2.05) is 11.0 Å². The van der Waals surface area contributed by atoms with Gasteiger partial charge >= 0.3 is 12.2 Å². The van der Waals surface area contributed by atoms with E-state index in [0.717, 1.165) is 24.6 Å². The van der Waals surface area contributed by atoms with Gasteiger partial charge in [0.2, 0.25) is 0 Å². The lowest BCUT2D eigenvalue weighted by atomic mass is 9.92. The maximum absolute atomic E-state index is 17.0. The van der Waals surface area contributed by atoms with Crippen LogP contribution in [0.5, 0.6) is 6.01 Å². The van der Waals surface area contributed by atoms with Gasteiger partial charge in [-0.3, -0.25) is 9.11 Å². The highest BCUT2D eigenvalue weighted by molar-refractivity contribution is 7.85. The lowest BCUT2D eigenvalue weighted by Crippen LogP contribution is -2.43. The molecule has 254 valence electrons. The summed E-state index contributed by atoms with van der Waals surface area (Å²) in [5, 5.41) is 9.20. The Hall–Kier alpha value is -3.68. The van der Waals surface area contributed by atoms with Gasteiger partial charge < -0.3 is 15.4 Å². The number of hydrogen-bond acceptors (Lipinski definition) is 9. The molecule has 2 aromatic carbocycles. The van der Waals surface area contributed by atoms with Gasteiger partial charge in [-0.05, 0) is 49.9 Å². The molecule has 3 aliphatic heterocycles. The third-order valence-electron chi connectivity index (χ3n) is 9.87. The molecule has 7 rings (SSSR count). The SMILES string of the molecule is CN(c1nc(OCC23CCCN2CC(F)C3)nc2c(F)c(-c3ccc(F)c4sc(N)c(C#N)c34)c(C(F)(F)F)cc12)C1CCS(=O)CC1. The highest BCUT2D eigenvalue weighted by atomic mass is 32.2. The van der Waals surface area contributed by atoms with Crippen molar-refractivity contribution in [3.63, 3.8) is 0 Å². The number of thiophene rings is 1. The first-order valence-corrected chi connectivity index (χ1v) is 17.7. The molecule has 2 aromatic heterocycles. The van der Waals surface area contributed by atoms with E-state index < -0.39 is 57.0 Å². The van der Waals surface area contributed by atoms with Crippen LogP contribution >= 0.6 is 11.3 Å². The lowest BCUT2D eigenvalue weighted by molar-refractivity contribution is -0.137. The number of hydrogen-bond donors (Lipinski definition) is 1. The predicted molar refractivity (Wildman–Crippen MR) is 172 cm³/mol. The van der Waals surface area contributed by atoms with Crippen molar-refractivity contribution in [2.75, 3.05) is 48.9 Å². The number of benzene rings is 2. The molecule has 48 heavy (non-hydrogen) atoms. The summed E-state index contributed by atoms with van der Waals surface area (Å²) >= 11 is 0.684. The molecular weight excluding hydrogens is 679 g/mol. The van der Waals surface area contributed by atoms with E-state index in [1.54, 1.807) is 11.9 Å². The molecule has 0 aliphatic carbocycles. The van der Waals surface area contributed by atoms with Crippen LogP contribution in [0.3, 0.4) is 0 Å². The van der Waals surface area contributed by atoms with Crippen LogP contribution in [-0.2, 0) is 17.0 Å². The average Bonchev–Trinajstić information content (AvgIpc) is 3.69. The van der Waals surface area contributed by atoms with Crippen LogP contribution in [-0.4, -0.2) is 75.1 Å². The van der Waals surface area contributed by atoms with Crippen molar-refractivity contribution < 1.29 is 35.3 Å². The molecule has 16 heteroatoms. The third-order valence-corrected chi connectivity index (χ3v) is 12.3. The van der Waals surface area contributed by atoms with E-state index in [0.29, 0.717) is 48.6 Å². The number of rotatable bonds is 6. The van der Waals surface area contributed by atoms with Crippen molar-refractivity contribution in [2.45, 2.75) is 56.0 Å². The molecule has 8 nitrogen and oxygen atoms in total. The average molecular weight is 709 g/mol. The van der Waals surface area contributed by atoms with Crippen LogP contribution in [0.25, 0.3) is 32.1 Å². The Morgan fingerprint density at radius 2 is 2.00 bits per heavy atom. The minimum absolute atomic E-state index is 0.00209. The van der Waals surface area contributed by atoms with E-state index in [4.69, 9.17) is 10.5 Å². The Labute approximate surface area is 277 Å². The number of alkyl halides is 4.